The van der Waals surface area contributed by atoms with Crippen molar-refractivity contribution < 1.29 is 4.39 Å². The lowest BCUT2D eigenvalue weighted by Gasteiger charge is -2.23. The van der Waals surface area contributed by atoms with Crippen LogP contribution in [0.4, 0.5) is 4.39 Å². The van der Waals surface area contributed by atoms with Crippen LogP contribution < -0.4 is 5.73 Å². The van der Waals surface area contributed by atoms with E-state index in [2.05, 4.69) is 5.10 Å². The number of aryl methyl sites for hydroxylation is 2. The molecule has 0 radical (unpaired) electrons. The van der Waals surface area contributed by atoms with Gasteiger partial charge >= 0.3 is 0 Å². The highest BCUT2D eigenvalue weighted by Crippen LogP contribution is 2.21. The third-order valence-corrected chi connectivity index (χ3v) is 3.28. The van der Waals surface area contributed by atoms with Gasteiger partial charge in [-0.05, 0) is 32.4 Å². The number of aromatic nitrogens is 2. The van der Waals surface area contributed by atoms with Gasteiger partial charge in [0.15, 0.2) is 0 Å². The van der Waals surface area contributed by atoms with Gasteiger partial charge in [0, 0.05) is 24.6 Å². The van der Waals surface area contributed by atoms with Crippen molar-refractivity contribution in [2.75, 3.05) is 6.54 Å². The highest BCUT2D eigenvalue weighted by atomic mass is 19.1. The standard InChI is InChI=1S/C13H24FN3/c1-5-17-11(6-10(4)16-17)7-13(14)12(8-15)9(2)3/h6,9,12-13H,5,7-8,15H2,1-4H3. The van der Waals surface area contributed by atoms with Gasteiger partial charge in [-0.15, -0.1) is 0 Å². The highest BCUT2D eigenvalue weighted by Gasteiger charge is 2.24. The Balaban J connectivity index is 2.75. The maximum Gasteiger partial charge on any atom is 0.110 e. The van der Waals surface area contributed by atoms with Gasteiger partial charge in [-0.2, -0.15) is 5.10 Å². The first kappa shape index (κ1) is 14.2. The molecule has 0 amide bonds. The van der Waals surface area contributed by atoms with E-state index in [1.807, 2.05) is 38.4 Å². The van der Waals surface area contributed by atoms with Crippen LogP contribution in [0.25, 0.3) is 0 Å². The van der Waals surface area contributed by atoms with Crippen LogP contribution in [-0.4, -0.2) is 22.5 Å². The van der Waals surface area contributed by atoms with E-state index in [0.29, 0.717) is 13.0 Å². The van der Waals surface area contributed by atoms with Crippen LogP contribution in [0.3, 0.4) is 0 Å². The lowest BCUT2D eigenvalue weighted by Crippen LogP contribution is -2.31. The Morgan fingerprint density at radius 3 is 2.59 bits per heavy atom. The van der Waals surface area contributed by atoms with Gasteiger partial charge in [0.05, 0.1) is 5.69 Å². The van der Waals surface area contributed by atoms with Gasteiger partial charge in [0.2, 0.25) is 0 Å². The smallest absolute Gasteiger partial charge is 0.110 e. The van der Waals surface area contributed by atoms with E-state index < -0.39 is 6.17 Å². The quantitative estimate of drug-likeness (QED) is 0.830. The Kier molecular flexibility index (Phi) is 5.12. The van der Waals surface area contributed by atoms with Gasteiger partial charge < -0.3 is 5.73 Å². The van der Waals surface area contributed by atoms with Crippen molar-refractivity contribution >= 4 is 0 Å². The predicted octanol–water partition coefficient (Wildman–Crippen LogP) is 2.32. The summed E-state index contributed by atoms with van der Waals surface area (Å²) in [6.07, 6.45) is -0.476. The molecule has 17 heavy (non-hydrogen) atoms. The Labute approximate surface area is 103 Å². The normalized spacial score (nSPS) is 15.2. The van der Waals surface area contributed by atoms with E-state index in [4.69, 9.17) is 5.73 Å². The van der Waals surface area contributed by atoms with Crippen molar-refractivity contribution in [2.45, 2.75) is 46.8 Å². The van der Waals surface area contributed by atoms with Crippen LogP contribution in [0.2, 0.25) is 0 Å². The molecule has 1 rings (SSSR count). The van der Waals surface area contributed by atoms with Crippen molar-refractivity contribution in [3.63, 3.8) is 0 Å². The summed E-state index contributed by atoms with van der Waals surface area (Å²) in [5.74, 6) is 0.199. The van der Waals surface area contributed by atoms with Crippen LogP contribution >= 0.6 is 0 Å². The predicted molar refractivity (Wildman–Crippen MR) is 68.6 cm³/mol. The molecule has 0 fully saturated rings. The zero-order valence-corrected chi connectivity index (χ0v) is 11.3. The van der Waals surface area contributed by atoms with E-state index in [-0.39, 0.29) is 11.8 Å². The highest BCUT2D eigenvalue weighted by molar-refractivity contribution is 5.10. The zero-order chi connectivity index (χ0) is 13.0. The number of alkyl halides is 1. The summed E-state index contributed by atoms with van der Waals surface area (Å²) < 4.78 is 16.1. The lowest BCUT2D eigenvalue weighted by molar-refractivity contribution is 0.182. The van der Waals surface area contributed by atoms with E-state index in [1.54, 1.807) is 0 Å². The summed E-state index contributed by atoms with van der Waals surface area (Å²) in [6.45, 7) is 9.18. The fraction of sp³-hybridized carbons (Fsp3) is 0.769. The minimum absolute atomic E-state index is 0.0736. The molecule has 0 aliphatic carbocycles. The second-order valence-corrected chi connectivity index (χ2v) is 4.96. The average Bonchev–Trinajstić information content (AvgIpc) is 2.59. The van der Waals surface area contributed by atoms with Gasteiger partial charge in [-0.25, -0.2) is 4.39 Å². The van der Waals surface area contributed by atoms with E-state index in [1.165, 1.54) is 0 Å². The van der Waals surface area contributed by atoms with Crippen molar-refractivity contribution in [3.05, 3.63) is 17.5 Å². The minimum Gasteiger partial charge on any atom is -0.330 e. The molecule has 2 atom stereocenters. The van der Waals surface area contributed by atoms with Crippen molar-refractivity contribution in [3.8, 4) is 0 Å². The Hall–Kier alpha value is -0.900. The summed E-state index contributed by atoms with van der Waals surface area (Å²) in [6, 6.07) is 1.96. The topological polar surface area (TPSA) is 43.8 Å². The monoisotopic (exact) mass is 241 g/mol. The molecule has 0 saturated carbocycles. The second-order valence-electron chi connectivity index (χ2n) is 4.96. The second kappa shape index (κ2) is 6.15. The molecule has 0 aromatic carbocycles. The maximum atomic E-state index is 14.2. The SMILES string of the molecule is CCn1nc(C)cc1CC(F)C(CN)C(C)C. The molecule has 98 valence electrons. The van der Waals surface area contributed by atoms with Crippen molar-refractivity contribution in [1.29, 1.82) is 0 Å². The Morgan fingerprint density at radius 2 is 2.12 bits per heavy atom. The summed E-state index contributed by atoms with van der Waals surface area (Å²) in [4.78, 5) is 0. The third kappa shape index (κ3) is 3.53. The van der Waals surface area contributed by atoms with Crippen LogP contribution in [0.1, 0.15) is 32.2 Å². The maximum absolute atomic E-state index is 14.2. The summed E-state index contributed by atoms with van der Waals surface area (Å²) in [7, 11) is 0. The summed E-state index contributed by atoms with van der Waals surface area (Å²) in [5, 5.41) is 4.33. The number of hydrogen-bond donors (Lipinski definition) is 1. The molecular formula is C13H24FN3. The number of nitrogens with two attached hydrogens (primary N) is 1. The lowest BCUT2D eigenvalue weighted by atomic mass is 9.89. The van der Waals surface area contributed by atoms with E-state index >= 15 is 0 Å². The van der Waals surface area contributed by atoms with Crippen molar-refractivity contribution in [2.24, 2.45) is 17.6 Å². The van der Waals surface area contributed by atoms with Gasteiger partial charge in [-0.3, -0.25) is 4.68 Å². The molecule has 0 bridgehead atoms. The molecule has 0 saturated heterocycles. The minimum atomic E-state index is -0.888. The van der Waals surface area contributed by atoms with Gasteiger partial charge in [0.25, 0.3) is 0 Å². The molecular weight excluding hydrogens is 217 g/mol. The molecule has 1 aromatic heterocycles. The molecule has 0 spiro atoms. The fourth-order valence-corrected chi connectivity index (χ4v) is 2.23. The summed E-state index contributed by atoms with van der Waals surface area (Å²) >= 11 is 0. The molecule has 1 heterocycles. The first-order chi connectivity index (χ1) is 7.99. The van der Waals surface area contributed by atoms with Gasteiger partial charge in [-0.1, -0.05) is 13.8 Å². The molecule has 2 N–H and O–H groups in total. The Morgan fingerprint density at radius 1 is 1.47 bits per heavy atom. The fourth-order valence-electron chi connectivity index (χ4n) is 2.23. The average molecular weight is 241 g/mol. The molecule has 4 heteroatoms. The van der Waals surface area contributed by atoms with Crippen LogP contribution in [0.15, 0.2) is 6.07 Å². The number of halogens is 1. The largest absolute Gasteiger partial charge is 0.330 e. The van der Waals surface area contributed by atoms with Crippen molar-refractivity contribution in [1.82, 2.24) is 9.78 Å². The first-order valence-corrected chi connectivity index (χ1v) is 6.37. The third-order valence-electron chi connectivity index (χ3n) is 3.28. The summed E-state index contributed by atoms with van der Waals surface area (Å²) in [5.41, 5.74) is 7.56. The molecule has 1 aromatic rings. The van der Waals surface area contributed by atoms with Crippen LogP contribution in [-0.2, 0) is 13.0 Å². The van der Waals surface area contributed by atoms with E-state index in [9.17, 15) is 4.39 Å². The number of rotatable bonds is 6. The molecule has 0 aliphatic heterocycles. The zero-order valence-electron chi connectivity index (χ0n) is 11.3. The van der Waals surface area contributed by atoms with Crippen LogP contribution in [0.5, 0.6) is 0 Å². The molecule has 2 unspecified atom stereocenters. The Bertz CT molecular complexity index is 346. The van der Waals surface area contributed by atoms with Gasteiger partial charge in [0.1, 0.15) is 6.17 Å². The number of hydrogen-bond acceptors (Lipinski definition) is 2. The van der Waals surface area contributed by atoms with Crippen LogP contribution in [0, 0.1) is 18.8 Å². The molecule has 3 nitrogen and oxygen atoms in total. The first-order valence-electron chi connectivity index (χ1n) is 6.37. The number of nitrogens with zero attached hydrogens (tertiary/aromatic N) is 2. The molecule has 0 aliphatic rings. The van der Waals surface area contributed by atoms with E-state index in [0.717, 1.165) is 17.9 Å².